The average Bonchev–Trinajstić information content (AvgIpc) is 2.57. The first-order valence-electron chi connectivity index (χ1n) is 7.38. The Bertz CT molecular complexity index is 567. The van der Waals surface area contributed by atoms with Gasteiger partial charge in [0.25, 0.3) is 0 Å². The molecule has 1 N–H and O–H groups in total. The number of rotatable bonds is 10. The van der Waals surface area contributed by atoms with Gasteiger partial charge in [0.05, 0.1) is 21.4 Å². The molecule has 1 aromatic carbocycles. The lowest BCUT2D eigenvalue weighted by Crippen LogP contribution is -2.07. The van der Waals surface area contributed by atoms with E-state index in [2.05, 4.69) is 20.3 Å². The Kier molecular flexibility index (Phi) is 8.51. The maximum absolute atomic E-state index is 9.90. The lowest BCUT2D eigenvalue weighted by atomic mass is 9.34. The standard InChI is InChI=1S/C18H22B2O3/c1-5-7-9-15(8-6-2)20-19-11-10-14-12-16(22-3)18(21)17(13-14)23-4/h5-9,12-13,21H,1-2,10-11H2,3-4H3/b9-7-,15-8+. The molecule has 23 heavy (non-hydrogen) atoms. The number of allylic oxidation sites excluding steroid dienone is 6. The highest BCUT2D eigenvalue weighted by Crippen LogP contribution is 2.37. The number of aromatic hydroxyl groups is 1. The van der Waals surface area contributed by atoms with E-state index in [1.165, 1.54) is 14.2 Å². The molecule has 1 rings (SSSR count). The predicted molar refractivity (Wildman–Crippen MR) is 98.8 cm³/mol. The number of phenolic OH excluding ortho intramolecular Hbond substituents is 1. The third-order valence-corrected chi connectivity index (χ3v) is 3.18. The molecular weight excluding hydrogens is 286 g/mol. The van der Waals surface area contributed by atoms with Gasteiger partial charge < -0.3 is 14.6 Å². The van der Waals surface area contributed by atoms with Crippen LogP contribution in [0.5, 0.6) is 17.2 Å². The van der Waals surface area contributed by atoms with Gasteiger partial charge in [0.15, 0.2) is 11.5 Å². The summed E-state index contributed by atoms with van der Waals surface area (Å²) in [5.41, 5.74) is 2.10. The van der Waals surface area contributed by atoms with Crippen molar-refractivity contribution in [3.05, 3.63) is 66.7 Å². The van der Waals surface area contributed by atoms with Crippen molar-refractivity contribution >= 4 is 14.3 Å². The topological polar surface area (TPSA) is 38.7 Å². The predicted octanol–water partition coefficient (Wildman–Crippen LogP) is 3.51. The van der Waals surface area contributed by atoms with Gasteiger partial charge in [0, 0.05) is 0 Å². The summed E-state index contributed by atoms with van der Waals surface area (Å²) in [6.07, 6.45) is 10.9. The van der Waals surface area contributed by atoms with Crippen LogP contribution in [0.2, 0.25) is 6.32 Å². The molecule has 0 saturated carbocycles. The fourth-order valence-corrected chi connectivity index (χ4v) is 2.04. The summed E-state index contributed by atoms with van der Waals surface area (Å²) in [4.78, 5) is 0. The average molecular weight is 308 g/mol. The van der Waals surface area contributed by atoms with E-state index in [1.54, 1.807) is 12.2 Å². The van der Waals surface area contributed by atoms with Crippen LogP contribution in [-0.4, -0.2) is 33.7 Å². The van der Waals surface area contributed by atoms with Crippen molar-refractivity contribution in [2.75, 3.05) is 14.2 Å². The maximum atomic E-state index is 9.90. The molecule has 5 heteroatoms. The van der Waals surface area contributed by atoms with Gasteiger partial charge in [-0.1, -0.05) is 55.3 Å². The molecule has 0 aromatic heterocycles. The Hall–Kier alpha value is -2.29. The highest BCUT2D eigenvalue weighted by Gasteiger charge is 2.11. The van der Waals surface area contributed by atoms with E-state index < -0.39 is 0 Å². The van der Waals surface area contributed by atoms with Crippen LogP contribution in [0.15, 0.2) is 61.1 Å². The van der Waals surface area contributed by atoms with Crippen LogP contribution in [0.4, 0.5) is 0 Å². The number of aryl methyl sites for hydroxylation is 1. The summed E-state index contributed by atoms with van der Waals surface area (Å²) in [6.45, 7) is 7.37. The number of ether oxygens (including phenoxy) is 2. The van der Waals surface area contributed by atoms with Gasteiger partial charge in [-0.3, -0.25) is 0 Å². The molecule has 0 amide bonds. The molecule has 3 nitrogen and oxygen atoms in total. The molecular formula is C18H22B2O3. The molecule has 0 atom stereocenters. The van der Waals surface area contributed by atoms with E-state index in [0.29, 0.717) is 11.5 Å². The van der Waals surface area contributed by atoms with Crippen LogP contribution in [0.1, 0.15) is 5.56 Å². The minimum atomic E-state index is 0.0278. The molecule has 1 aromatic rings. The second kappa shape index (κ2) is 10.4. The number of hydrogen-bond donors (Lipinski definition) is 1. The Balaban J connectivity index is 2.61. The van der Waals surface area contributed by atoms with E-state index in [-0.39, 0.29) is 5.75 Å². The summed E-state index contributed by atoms with van der Waals surface area (Å²) in [6, 6.07) is 3.65. The summed E-state index contributed by atoms with van der Waals surface area (Å²) >= 11 is 0. The third kappa shape index (κ3) is 6.15. The van der Waals surface area contributed by atoms with Gasteiger partial charge in [-0.15, -0.1) is 0 Å². The highest BCUT2D eigenvalue weighted by molar-refractivity contribution is 7.04. The molecule has 0 aliphatic rings. The zero-order chi connectivity index (χ0) is 17.1. The Morgan fingerprint density at radius 2 is 1.83 bits per heavy atom. The van der Waals surface area contributed by atoms with Gasteiger partial charge >= 0.3 is 0 Å². The van der Waals surface area contributed by atoms with Crippen molar-refractivity contribution in [3.63, 3.8) is 0 Å². The minimum Gasteiger partial charge on any atom is -0.502 e. The summed E-state index contributed by atoms with van der Waals surface area (Å²) in [5, 5.41) is 9.90. The van der Waals surface area contributed by atoms with Crippen molar-refractivity contribution in [3.8, 4) is 17.2 Å². The Morgan fingerprint density at radius 1 is 1.17 bits per heavy atom. The van der Waals surface area contributed by atoms with Gasteiger partial charge in [-0.05, 0) is 24.1 Å². The number of methoxy groups -OCH3 is 2. The van der Waals surface area contributed by atoms with Crippen LogP contribution in [-0.2, 0) is 6.42 Å². The molecule has 0 heterocycles. The smallest absolute Gasteiger partial charge is 0.200 e. The molecule has 2 radical (unpaired) electrons. The maximum Gasteiger partial charge on any atom is 0.200 e. The SMILES string of the molecule is C=C/C=C\C([B][B]CCc1cc(OC)c(O)c(OC)c1)=C/C=C. The highest BCUT2D eigenvalue weighted by atomic mass is 16.5. The normalized spacial score (nSPS) is 11.1. The van der Waals surface area contributed by atoms with Crippen LogP contribution in [0.3, 0.4) is 0 Å². The van der Waals surface area contributed by atoms with Crippen molar-refractivity contribution < 1.29 is 14.6 Å². The van der Waals surface area contributed by atoms with Crippen LogP contribution in [0.25, 0.3) is 0 Å². The monoisotopic (exact) mass is 308 g/mol. The zero-order valence-electron chi connectivity index (χ0n) is 13.8. The third-order valence-electron chi connectivity index (χ3n) is 3.18. The van der Waals surface area contributed by atoms with E-state index in [1.807, 2.05) is 37.5 Å². The van der Waals surface area contributed by atoms with Gasteiger partial charge in [0.2, 0.25) is 5.75 Å². The second-order valence-corrected chi connectivity index (χ2v) is 4.79. The largest absolute Gasteiger partial charge is 0.502 e. The fourth-order valence-electron chi connectivity index (χ4n) is 2.04. The molecule has 0 unspecified atom stereocenters. The van der Waals surface area contributed by atoms with Gasteiger partial charge in [-0.2, -0.15) is 0 Å². The van der Waals surface area contributed by atoms with Crippen molar-refractivity contribution in [1.29, 1.82) is 0 Å². The van der Waals surface area contributed by atoms with Gasteiger partial charge in [0.1, 0.15) is 7.17 Å². The van der Waals surface area contributed by atoms with Crippen LogP contribution >= 0.6 is 0 Å². The first kappa shape index (κ1) is 18.8. The number of benzene rings is 1. The first-order chi connectivity index (χ1) is 11.2. The Labute approximate surface area is 140 Å². The van der Waals surface area contributed by atoms with Crippen molar-refractivity contribution in [2.24, 2.45) is 0 Å². The Morgan fingerprint density at radius 3 is 2.35 bits per heavy atom. The van der Waals surface area contributed by atoms with E-state index in [9.17, 15) is 5.11 Å². The van der Waals surface area contributed by atoms with Gasteiger partial charge in [-0.25, -0.2) is 0 Å². The van der Waals surface area contributed by atoms with Crippen LogP contribution < -0.4 is 9.47 Å². The molecule has 0 bridgehead atoms. The molecule has 0 aliphatic heterocycles. The molecule has 0 aliphatic carbocycles. The number of phenols is 1. The fraction of sp³-hybridized carbons (Fsp3) is 0.222. The summed E-state index contributed by atoms with van der Waals surface area (Å²) < 4.78 is 10.3. The zero-order valence-corrected chi connectivity index (χ0v) is 13.8. The molecule has 0 fully saturated rings. The minimum absolute atomic E-state index is 0.0278. The molecule has 118 valence electrons. The number of hydrogen-bond acceptors (Lipinski definition) is 3. The van der Waals surface area contributed by atoms with E-state index in [0.717, 1.165) is 23.8 Å². The molecule has 0 spiro atoms. The second-order valence-electron chi connectivity index (χ2n) is 4.79. The van der Waals surface area contributed by atoms with Crippen molar-refractivity contribution in [1.82, 2.24) is 0 Å². The van der Waals surface area contributed by atoms with Crippen LogP contribution in [0, 0.1) is 0 Å². The van der Waals surface area contributed by atoms with E-state index >= 15 is 0 Å². The summed E-state index contributed by atoms with van der Waals surface area (Å²) in [7, 11) is 7.18. The van der Waals surface area contributed by atoms with Crippen molar-refractivity contribution in [2.45, 2.75) is 12.7 Å². The quantitative estimate of drug-likeness (QED) is 0.408. The molecule has 0 saturated heterocycles. The summed E-state index contributed by atoms with van der Waals surface area (Å²) in [5.74, 6) is 0.869. The van der Waals surface area contributed by atoms with E-state index in [4.69, 9.17) is 9.47 Å². The lowest BCUT2D eigenvalue weighted by Gasteiger charge is -2.11. The lowest BCUT2D eigenvalue weighted by molar-refractivity contribution is 0.339. The first-order valence-corrected chi connectivity index (χ1v) is 7.38.